The number of hydrogen-bond donors (Lipinski definition) is 0. The minimum absolute atomic E-state index is 0.0253. The number of alkyl halides is 2. The predicted octanol–water partition coefficient (Wildman–Crippen LogP) is 12.3. The van der Waals surface area contributed by atoms with Crippen LogP contribution in [0.4, 0.5) is 35.1 Å². The summed E-state index contributed by atoms with van der Waals surface area (Å²) < 4.78 is 121. The Morgan fingerprint density at radius 3 is 1.96 bits per heavy atom. The van der Waals surface area contributed by atoms with E-state index in [0.717, 1.165) is 30.4 Å². The normalized spacial score (nSPS) is 16.5. The summed E-state index contributed by atoms with van der Waals surface area (Å²) in [6, 6.07) is 15.4. The number of hydrogen-bond acceptors (Lipinski definition) is 2. The second-order valence-electron chi connectivity index (χ2n) is 11.7. The lowest BCUT2D eigenvalue weighted by Crippen LogP contribution is -2.23. The monoisotopic (exact) mass is 660 g/mol. The highest BCUT2D eigenvalue weighted by atomic mass is 19.3. The molecule has 0 aromatic heterocycles. The van der Waals surface area contributed by atoms with Crippen LogP contribution in [0.2, 0.25) is 0 Å². The molecule has 1 saturated carbocycles. The molecule has 0 radical (unpaired) electrons. The molecule has 0 spiro atoms. The molecule has 1 aliphatic carbocycles. The molecule has 0 N–H and O–H groups in total. The van der Waals surface area contributed by atoms with E-state index in [-0.39, 0.29) is 29.5 Å². The average molecular weight is 661 g/mol. The van der Waals surface area contributed by atoms with E-state index in [4.69, 9.17) is 0 Å². The first-order valence-electron chi connectivity index (χ1n) is 15.4. The van der Waals surface area contributed by atoms with Gasteiger partial charge in [0.05, 0.1) is 5.56 Å². The quantitative estimate of drug-likeness (QED) is 0.118. The highest BCUT2D eigenvalue weighted by molar-refractivity contribution is 5.71. The zero-order valence-corrected chi connectivity index (χ0v) is 25.5. The van der Waals surface area contributed by atoms with Crippen LogP contribution in [0.1, 0.15) is 68.9 Å². The molecule has 1 fully saturated rings. The SMILES string of the molecule is CCCCC1CCC(c2ccc(-c3ccc(-c4ccc(C(F)(F)Oc5cc(F)c(OC=C(F)F)c(F)c5)c(F)c4)c(F)c3)cc2)CC1. The second-order valence-corrected chi connectivity index (χ2v) is 11.7. The van der Waals surface area contributed by atoms with E-state index in [1.54, 1.807) is 6.07 Å². The molecule has 0 aliphatic heterocycles. The van der Waals surface area contributed by atoms with Gasteiger partial charge in [0, 0.05) is 17.7 Å². The molecule has 0 bridgehead atoms. The van der Waals surface area contributed by atoms with Gasteiger partial charge in [-0.1, -0.05) is 68.7 Å². The molecule has 5 rings (SSSR count). The van der Waals surface area contributed by atoms with Gasteiger partial charge in [-0.25, -0.2) is 17.6 Å². The number of ether oxygens (including phenoxy) is 2. The van der Waals surface area contributed by atoms with Crippen molar-refractivity contribution in [2.24, 2.45) is 5.92 Å². The first kappa shape index (κ1) is 34.0. The van der Waals surface area contributed by atoms with Gasteiger partial charge in [0.25, 0.3) is 0 Å². The van der Waals surface area contributed by atoms with Crippen molar-refractivity contribution in [3.63, 3.8) is 0 Å². The van der Waals surface area contributed by atoms with Crippen LogP contribution in [0.25, 0.3) is 22.3 Å². The summed E-state index contributed by atoms with van der Waals surface area (Å²) in [7, 11) is 0. The van der Waals surface area contributed by atoms with Crippen LogP contribution in [0.15, 0.2) is 85.1 Å². The molecule has 4 aromatic rings. The predicted molar refractivity (Wildman–Crippen MR) is 163 cm³/mol. The van der Waals surface area contributed by atoms with Crippen molar-refractivity contribution >= 4 is 0 Å². The summed E-state index contributed by atoms with van der Waals surface area (Å²) in [6.45, 7) is 2.22. The van der Waals surface area contributed by atoms with Crippen molar-refractivity contribution < 1.29 is 44.6 Å². The average Bonchev–Trinajstić information content (AvgIpc) is 3.03. The van der Waals surface area contributed by atoms with Gasteiger partial charge in [0.1, 0.15) is 17.4 Å². The summed E-state index contributed by atoms with van der Waals surface area (Å²) in [5, 5.41) is 0. The Balaban J connectivity index is 1.27. The van der Waals surface area contributed by atoms with Crippen molar-refractivity contribution in [1.29, 1.82) is 0 Å². The molecule has 248 valence electrons. The molecule has 0 unspecified atom stereocenters. The Hall–Kier alpha value is -4.34. The smallest absolute Gasteiger partial charge is 0.429 e. The minimum Gasteiger partial charge on any atom is -0.453 e. The molecule has 0 heterocycles. The Morgan fingerprint density at radius 2 is 1.36 bits per heavy atom. The van der Waals surface area contributed by atoms with Crippen LogP contribution < -0.4 is 9.47 Å². The Kier molecular flexibility index (Phi) is 10.6. The van der Waals surface area contributed by atoms with Gasteiger partial charge in [0.2, 0.25) is 0 Å². The summed E-state index contributed by atoms with van der Waals surface area (Å²) in [6.07, 6.45) is 1.55. The maximum atomic E-state index is 15.3. The topological polar surface area (TPSA) is 18.5 Å². The van der Waals surface area contributed by atoms with E-state index in [1.165, 1.54) is 49.8 Å². The number of rotatable bonds is 11. The first-order chi connectivity index (χ1) is 22.4. The van der Waals surface area contributed by atoms with E-state index < -0.39 is 52.5 Å². The molecule has 0 amide bonds. The zero-order valence-electron chi connectivity index (χ0n) is 25.5. The van der Waals surface area contributed by atoms with Crippen LogP contribution in [-0.2, 0) is 6.11 Å². The molecule has 0 saturated heterocycles. The van der Waals surface area contributed by atoms with E-state index in [9.17, 15) is 30.7 Å². The Labute approximate surface area is 267 Å². The second kappa shape index (κ2) is 14.6. The Morgan fingerprint density at radius 1 is 0.745 bits per heavy atom. The van der Waals surface area contributed by atoms with Gasteiger partial charge < -0.3 is 9.47 Å². The van der Waals surface area contributed by atoms with E-state index in [1.807, 2.05) is 12.1 Å². The lowest BCUT2D eigenvalue weighted by Gasteiger charge is -2.29. The van der Waals surface area contributed by atoms with E-state index >= 15 is 4.39 Å². The van der Waals surface area contributed by atoms with Gasteiger partial charge in [-0.3, -0.25) is 0 Å². The van der Waals surface area contributed by atoms with E-state index in [2.05, 4.69) is 28.5 Å². The molecule has 4 aromatic carbocycles. The number of halogens is 8. The van der Waals surface area contributed by atoms with Gasteiger partial charge >= 0.3 is 12.2 Å². The molecule has 0 atom stereocenters. The third-order valence-corrected chi connectivity index (χ3v) is 8.57. The zero-order chi connectivity index (χ0) is 33.7. The molecule has 2 nitrogen and oxygen atoms in total. The van der Waals surface area contributed by atoms with Gasteiger partial charge in [-0.15, -0.1) is 0 Å². The third kappa shape index (κ3) is 8.15. The molecule has 47 heavy (non-hydrogen) atoms. The van der Waals surface area contributed by atoms with Crippen molar-refractivity contribution in [3.8, 4) is 33.8 Å². The molecule has 10 heteroatoms. The fourth-order valence-electron chi connectivity index (χ4n) is 6.09. The largest absolute Gasteiger partial charge is 0.453 e. The maximum absolute atomic E-state index is 15.3. The molecule has 1 aliphatic rings. The highest BCUT2D eigenvalue weighted by Crippen LogP contribution is 2.40. The van der Waals surface area contributed by atoms with Crippen LogP contribution in [0, 0.1) is 29.2 Å². The van der Waals surface area contributed by atoms with Crippen LogP contribution >= 0.6 is 0 Å². The van der Waals surface area contributed by atoms with Crippen LogP contribution in [0.5, 0.6) is 11.5 Å². The summed E-state index contributed by atoms with van der Waals surface area (Å²) in [5.74, 6) is -6.39. The van der Waals surface area contributed by atoms with Crippen molar-refractivity contribution in [2.45, 2.75) is 63.9 Å². The number of unbranched alkanes of at least 4 members (excludes halogenated alkanes) is 1. The van der Waals surface area contributed by atoms with Crippen molar-refractivity contribution in [3.05, 3.63) is 120 Å². The van der Waals surface area contributed by atoms with Crippen LogP contribution in [0.3, 0.4) is 0 Å². The van der Waals surface area contributed by atoms with Gasteiger partial charge in [-0.05, 0) is 78.0 Å². The molecular formula is C37H32F8O2. The van der Waals surface area contributed by atoms with E-state index in [0.29, 0.717) is 23.6 Å². The maximum Gasteiger partial charge on any atom is 0.429 e. The summed E-state index contributed by atoms with van der Waals surface area (Å²) in [5.41, 5.74) is 1.32. The Bertz CT molecular complexity index is 1700. The van der Waals surface area contributed by atoms with Crippen molar-refractivity contribution in [2.75, 3.05) is 0 Å². The standard InChI is InChI=1S/C37H32F8O2/c1-2-3-4-22-5-7-23(8-6-22)24-9-11-25(12-10-24)26-13-15-29(31(38)17-26)27-14-16-30(32(39)18-27)37(44,45)47-28-19-33(40)36(34(41)20-28)46-21-35(42)43/h9-23H,2-8H2,1H3. The fourth-order valence-corrected chi connectivity index (χ4v) is 6.09. The molecular weight excluding hydrogens is 628 g/mol. The van der Waals surface area contributed by atoms with Crippen LogP contribution in [-0.4, -0.2) is 0 Å². The lowest BCUT2D eigenvalue weighted by molar-refractivity contribution is -0.187. The van der Waals surface area contributed by atoms with Gasteiger partial charge in [-0.2, -0.15) is 17.6 Å². The minimum atomic E-state index is -4.42. The first-order valence-corrected chi connectivity index (χ1v) is 15.4. The lowest BCUT2D eigenvalue weighted by atomic mass is 9.77. The number of benzene rings is 4. The van der Waals surface area contributed by atoms with Gasteiger partial charge in [0.15, 0.2) is 23.6 Å². The third-order valence-electron chi connectivity index (χ3n) is 8.57. The fraction of sp³-hybridized carbons (Fsp3) is 0.297. The summed E-state index contributed by atoms with van der Waals surface area (Å²) in [4.78, 5) is 0. The highest BCUT2D eigenvalue weighted by Gasteiger charge is 2.38. The summed E-state index contributed by atoms with van der Waals surface area (Å²) >= 11 is 0. The van der Waals surface area contributed by atoms with Crippen molar-refractivity contribution in [1.82, 2.24) is 0 Å².